The molecule has 1 aromatic carbocycles. The predicted octanol–water partition coefficient (Wildman–Crippen LogP) is 3.64. The number of carboxylic acid groups (broad SMARTS) is 2. The number of carbonyl (C=O) groups is 3. The van der Waals surface area contributed by atoms with E-state index >= 15 is 0 Å². The molecule has 0 saturated carbocycles. The molecule has 2 fully saturated rings. The fourth-order valence-electron chi connectivity index (χ4n) is 4.04. The van der Waals surface area contributed by atoms with Crippen molar-refractivity contribution in [2.45, 2.75) is 45.1 Å². The SMILES string of the molecule is Cc1ccc(CN2CCC3(CC2)CCN(CC(=O)N(C)C)C3)cc1.O=C(O)C(F)(F)F.O=C(O)C(F)(F)F. The zero-order valence-electron chi connectivity index (χ0n) is 21.4. The minimum absolute atomic E-state index is 0.226. The molecule has 1 spiro atoms. The van der Waals surface area contributed by atoms with Gasteiger partial charge in [-0.25, -0.2) is 9.59 Å². The van der Waals surface area contributed by atoms with Gasteiger partial charge in [0, 0.05) is 27.2 Å². The van der Waals surface area contributed by atoms with Crippen LogP contribution in [0.2, 0.25) is 0 Å². The normalized spacial score (nSPS) is 17.6. The number of hydrogen-bond donors (Lipinski definition) is 2. The number of halogens is 6. The summed E-state index contributed by atoms with van der Waals surface area (Å²) in [7, 11) is 3.69. The Morgan fingerprint density at radius 3 is 1.61 bits per heavy atom. The molecule has 38 heavy (non-hydrogen) atoms. The highest BCUT2D eigenvalue weighted by molar-refractivity contribution is 5.77. The van der Waals surface area contributed by atoms with Gasteiger partial charge < -0.3 is 15.1 Å². The topological polar surface area (TPSA) is 101 Å². The van der Waals surface area contributed by atoms with Gasteiger partial charge >= 0.3 is 24.3 Å². The van der Waals surface area contributed by atoms with Gasteiger partial charge in [-0.1, -0.05) is 29.8 Å². The largest absolute Gasteiger partial charge is 0.490 e. The second-order valence-corrected chi connectivity index (χ2v) is 9.62. The molecule has 2 saturated heterocycles. The Bertz CT molecular complexity index is 903. The Labute approximate surface area is 216 Å². The predicted molar refractivity (Wildman–Crippen MR) is 125 cm³/mol. The number of likely N-dealkylation sites (tertiary alicyclic amines) is 2. The van der Waals surface area contributed by atoms with Crippen molar-refractivity contribution >= 4 is 17.8 Å². The summed E-state index contributed by atoms with van der Waals surface area (Å²) in [6, 6.07) is 8.92. The monoisotopic (exact) mass is 557 g/mol. The summed E-state index contributed by atoms with van der Waals surface area (Å²) in [5.74, 6) is -5.29. The Morgan fingerprint density at radius 2 is 1.24 bits per heavy atom. The van der Waals surface area contributed by atoms with Gasteiger partial charge in [-0.05, 0) is 56.8 Å². The first-order valence-corrected chi connectivity index (χ1v) is 11.7. The third-order valence-electron chi connectivity index (χ3n) is 6.30. The van der Waals surface area contributed by atoms with Crippen LogP contribution in [0.15, 0.2) is 24.3 Å². The standard InChI is InChI=1S/C20H31N3O.2C2HF3O2/c1-17-4-6-18(7-5-17)14-22-11-8-20(9-12-22)10-13-23(16-20)15-19(24)21(2)3;2*3-2(4,5)1(6)7/h4-7H,8-16H2,1-3H3;2*(H,6,7). The van der Waals surface area contributed by atoms with Crippen LogP contribution in [0.5, 0.6) is 0 Å². The van der Waals surface area contributed by atoms with E-state index in [1.54, 1.807) is 4.90 Å². The number of rotatable bonds is 4. The molecule has 14 heteroatoms. The number of carbonyl (C=O) groups excluding carboxylic acids is 1. The van der Waals surface area contributed by atoms with Gasteiger partial charge in [-0.2, -0.15) is 26.3 Å². The van der Waals surface area contributed by atoms with Crippen molar-refractivity contribution in [1.29, 1.82) is 0 Å². The number of alkyl halides is 6. The first-order chi connectivity index (χ1) is 17.3. The Balaban J connectivity index is 0.000000426. The molecule has 0 atom stereocenters. The number of nitrogens with zero attached hydrogens (tertiary/aromatic N) is 3. The van der Waals surface area contributed by atoms with Gasteiger partial charge in [0.05, 0.1) is 6.54 Å². The van der Waals surface area contributed by atoms with Gasteiger partial charge in [0.25, 0.3) is 0 Å². The van der Waals surface area contributed by atoms with Crippen LogP contribution in [0.4, 0.5) is 26.3 Å². The Kier molecular flexibility index (Phi) is 12.0. The Hall–Kier alpha value is -2.87. The van der Waals surface area contributed by atoms with Crippen LogP contribution in [0.3, 0.4) is 0 Å². The molecule has 2 aliphatic heterocycles. The third-order valence-corrected chi connectivity index (χ3v) is 6.30. The lowest BCUT2D eigenvalue weighted by atomic mass is 9.77. The van der Waals surface area contributed by atoms with Gasteiger partial charge in [-0.3, -0.25) is 14.6 Å². The van der Waals surface area contributed by atoms with Crippen LogP contribution in [0.25, 0.3) is 0 Å². The summed E-state index contributed by atoms with van der Waals surface area (Å²) in [5.41, 5.74) is 3.20. The molecule has 2 aliphatic rings. The van der Waals surface area contributed by atoms with E-state index in [1.807, 2.05) is 14.1 Å². The highest BCUT2D eigenvalue weighted by atomic mass is 19.4. The third kappa shape index (κ3) is 11.7. The molecular weight excluding hydrogens is 524 g/mol. The van der Waals surface area contributed by atoms with E-state index in [2.05, 4.69) is 41.0 Å². The molecule has 3 rings (SSSR count). The highest BCUT2D eigenvalue weighted by Crippen LogP contribution is 2.40. The summed E-state index contributed by atoms with van der Waals surface area (Å²) in [6.07, 6.45) is -6.37. The zero-order chi connectivity index (χ0) is 29.3. The number of aryl methyl sites for hydroxylation is 1. The van der Waals surface area contributed by atoms with E-state index in [9.17, 15) is 31.1 Å². The van der Waals surface area contributed by atoms with Gasteiger partial charge in [0.15, 0.2) is 0 Å². The first-order valence-electron chi connectivity index (χ1n) is 11.7. The molecule has 0 bridgehead atoms. The summed E-state index contributed by atoms with van der Waals surface area (Å²) in [4.78, 5) is 36.4. The maximum absolute atomic E-state index is 11.9. The molecule has 0 aliphatic carbocycles. The summed E-state index contributed by atoms with van der Waals surface area (Å²) in [5, 5.41) is 14.2. The summed E-state index contributed by atoms with van der Waals surface area (Å²) < 4.78 is 63.5. The maximum Gasteiger partial charge on any atom is 0.490 e. The van der Waals surface area contributed by atoms with Crippen LogP contribution in [-0.2, 0) is 20.9 Å². The van der Waals surface area contributed by atoms with Crippen molar-refractivity contribution in [3.63, 3.8) is 0 Å². The van der Waals surface area contributed by atoms with Gasteiger partial charge in [-0.15, -0.1) is 0 Å². The van der Waals surface area contributed by atoms with Crippen molar-refractivity contribution < 1.29 is 50.9 Å². The first kappa shape index (κ1) is 33.2. The van der Waals surface area contributed by atoms with Gasteiger partial charge in [0.1, 0.15) is 0 Å². The van der Waals surface area contributed by atoms with Crippen molar-refractivity contribution in [2.24, 2.45) is 5.41 Å². The molecule has 2 N–H and O–H groups in total. The number of likely N-dealkylation sites (N-methyl/N-ethyl adjacent to an activating group) is 1. The summed E-state index contributed by atoms with van der Waals surface area (Å²) in [6.45, 7) is 8.34. The van der Waals surface area contributed by atoms with Crippen LogP contribution in [0.1, 0.15) is 30.4 Å². The van der Waals surface area contributed by atoms with Crippen LogP contribution >= 0.6 is 0 Å². The van der Waals surface area contributed by atoms with E-state index < -0.39 is 24.3 Å². The fourth-order valence-corrected chi connectivity index (χ4v) is 4.04. The second-order valence-electron chi connectivity index (χ2n) is 9.62. The minimum Gasteiger partial charge on any atom is -0.475 e. The van der Waals surface area contributed by atoms with E-state index in [1.165, 1.54) is 43.5 Å². The lowest BCUT2D eigenvalue weighted by Gasteiger charge is -2.39. The number of amides is 1. The van der Waals surface area contributed by atoms with Crippen molar-refractivity contribution in [1.82, 2.24) is 14.7 Å². The van der Waals surface area contributed by atoms with Crippen molar-refractivity contribution in [3.8, 4) is 0 Å². The van der Waals surface area contributed by atoms with Crippen LogP contribution in [-0.4, -0.2) is 102 Å². The van der Waals surface area contributed by atoms with E-state index in [-0.39, 0.29) is 5.91 Å². The molecule has 8 nitrogen and oxygen atoms in total. The second kappa shape index (κ2) is 13.8. The lowest BCUT2D eigenvalue weighted by Crippen LogP contribution is -2.42. The maximum atomic E-state index is 11.9. The number of benzene rings is 1. The fraction of sp³-hybridized carbons (Fsp3) is 0.625. The molecule has 1 aromatic rings. The molecule has 0 aromatic heterocycles. The average molecular weight is 558 g/mol. The molecular formula is C24H33F6N3O5. The van der Waals surface area contributed by atoms with Crippen LogP contribution < -0.4 is 0 Å². The Morgan fingerprint density at radius 1 is 0.842 bits per heavy atom. The zero-order valence-corrected chi connectivity index (χ0v) is 21.4. The van der Waals surface area contributed by atoms with Crippen molar-refractivity contribution in [2.75, 3.05) is 46.8 Å². The van der Waals surface area contributed by atoms with E-state index in [4.69, 9.17) is 19.8 Å². The van der Waals surface area contributed by atoms with Gasteiger partial charge in [0.2, 0.25) is 5.91 Å². The molecule has 0 unspecified atom stereocenters. The number of carboxylic acids is 2. The molecule has 216 valence electrons. The van der Waals surface area contributed by atoms with E-state index in [0.29, 0.717) is 12.0 Å². The molecule has 1 amide bonds. The van der Waals surface area contributed by atoms with E-state index in [0.717, 1.165) is 19.6 Å². The lowest BCUT2D eigenvalue weighted by molar-refractivity contribution is -0.193. The number of aliphatic carboxylic acids is 2. The number of piperidine rings is 1. The quantitative estimate of drug-likeness (QED) is 0.546. The highest BCUT2D eigenvalue weighted by Gasteiger charge is 2.41. The molecule has 2 heterocycles. The number of hydrogen-bond acceptors (Lipinski definition) is 5. The molecule has 0 radical (unpaired) electrons. The minimum atomic E-state index is -5.08. The smallest absolute Gasteiger partial charge is 0.475 e. The van der Waals surface area contributed by atoms with Crippen molar-refractivity contribution in [3.05, 3.63) is 35.4 Å². The summed E-state index contributed by atoms with van der Waals surface area (Å²) >= 11 is 0. The average Bonchev–Trinajstić information content (AvgIpc) is 3.18. The van der Waals surface area contributed by atoms with Crippen LogP contribution in [0, 0.1) is 12.3 Å².